The van der Waals surface area contributed by atoms with Crippen LogP contribution in [0.2, 0.25) is 0 Å². The molecule has 0 radical (unpaired) electrons. The Bertz CT molecular complexity index is 1720. The van der Waals surface area contributed by atoms with Crippen LogP contribution in [0.3, 0.4) is 0 Å². The van der Waals surface area contributed by atoms with E-state index in [0.29, 0.717) is 17.9 Å². The third-order valence-corrected chi connectivity index (χ3v) is 8.55. The number of allylic oxidation sites excluding steroid dienone is 2. The highest BCUT2D eigenvalue weighted by Crippen LogP contribution is 2.29. The van der Waals surface area contributed by atoms with E-state index in [1.54, 1.807) is 55.6 Å². The van der Waals surface area contributed by atoms with Crippen molar-refractivity contribution in [1.29, 1.82) is 0 Å². The second-order valence-electron chi connectivity index (χ2n) is 10.4. The first-order valence-corrected chi connectivity index (χ1v) is 16.6. The molecule has 0 fully saturated rings. The maximum Gasteiger partial charge on any atom is 0.341 e. The molecule has 0 saturated carbocycles. The quantitative estimate of drug-likeness (QED) is 0.142. The van der Waals surface area contributed by atoms with Gasteiger partial charge in [0.05, 0.1) is 0 Å². The molecule has 1 atom stereocenters. The van der Waals surface area contributed by atoms with Crippen LogP contribution in [-0.2, 0) is 19.9 Å². The van der Waals surface area contributed by atoms with Crippen LogP contribution in [-0.4, -0.2) is 46.9 Å². The molecule has 3 aromatic carbocycles. The number of aliphatic carboxylic acids is 2. The maximum absolute atomic E-state index is 11.7. The Morgan fingerprint density at radius 3 is 1.93 bits per heavy atom. The summed E-state index contributed by atoms with van der Waals surface area (Å²) < 4.78 is 10.8. The predicted molar refractivity (Wildman–Crippen MR) is 187 cm³/mol. The van der Waals surface area contributed by atoms with Gasteiger partial charge in [-0.25, -0.2) is 9.59 Å². The second kappa shape index (κ2) is 18.0. The maximum atomic E-state index is 11.7. The van der Waals surface area contributed by atoms with Gasteiger partial charge in [-0.15, -0.1) is 23.5 Å². The SMILES string of the molecule is CCOC(C)(C(=O)O)c1ccc(SCC=C(C)C#Cc2cccc(C#CC(C)=CCSc3ccc(OCC(=O)O)c(C)c3)c2)cc1. The van der Waals surface area contributed by atoms with E-state index in [1.807, 2.05) is 69.3 Å². The second-order valence-corrected chi connectivity index (χ2v) is 12.6. The molecule has 2 N–H and O–H groups in total. The van der Waals surface area contributed by atoms with E-state index in [4.69, 9.17) is 14.6 Å². The van der Waals surface area contributed by atoms with Crippen molar-refractivity contribution in [2.75, 3.05) is 24.7 Å². The summed E-state index contributed by atoms with van der Waals surface area (Å²) in [5, 5.41) is 18.4. The monoisotopic (exact) mass is 654 g/mol. The number of hydrogen-bond donors (Lipinski definition) is 2. The summed E-state index contributed by atoms with van der Waals surface area (Å²) in [4.78, 5) is 24.6. The van der Waals surface area contributed by atoms with Gasteiger partial charge in [-0.3, -0.25) is 0 Å². The molecule has 6 nitrogen and oxygen atoms in total. The standard InChI is InChI=1S/C38H38O6S2/c1-6-44-38(5,37(41)42)32-14-16-33(17-15-32)45-22-20-27(2)10-12-30-8-7-9-31(25-30)13-11-28(3)21-23-46-34-18-19-35(29(4)24-34)43-26-36(39)40/h7-9,14-21,24-25H,6,22-23,26H2,1-5H3,(H,39,40)(H,41,42). The lowest BCUT2D eigenvalue weighted by atomic mass is 9.96. The highest BCUT2D eigenvalue weighted by molar-refractivity contribution is 7.99. The van der Waals surface area contributed by atoms with Gasteiger partial charge in [0.1, 0.15) is 5.75 Å². The van der Waals surface area contributed by atoms with Crippen LogP contribution < -0.4 is 4.74 Å². The minimum Gasteiger partial charge on any atom is -0.482 e. The lowest BCUT2D eigenvalue weighted by Crippen LogP contribution is -2.35. The summed E-state index contributed by atoms with van der Waals surface area (Å²) in [6.07, 6.45) is 4.16. The Kier molecular flexibility index (Phi) is 14.1. The van der Waals surface area contributed by atoms with E-state index in [1.165, 1.54) is 0 Å². The third kappa shape index (κ3) is 11.5. The summed E-state index contributed by atoms with van der Waals surface area (Å²) >= 11 is 3.32. The zero-order valence-corrected chi connectivity index (χ0v) is 28.3. The molecule has 0 aliphatic heterocycles. The van der Waals surface area contributed by atoms with Gasteiger partial charge in [-0.2, -0.15) is 0 Å². The number of carboxylic acids is 2. The molecule has 0 amide bonds. The van der Waals surface area contributed by atoms with Crippen LogP contribution in [0.15, 0.2) is 99.8 Å². The first-order chi connectivity index (χ1) is 22.0. The molecule has 8 heteroatoms. The summed E-state index contributed by atoms with van der Waals surface area (Å²) in [5.74, 6) is 12.9. The van der Waals surface area contributed by atoms with Crippen LogP contribution in [0, 0.1) is 30.6 Å². The molecular formula is C38H38O6S2. The number of rotatable bonds is 13. The van der Waals surface area contributed by atoms with Crippen molar-refractivity contribution in [2.45, 2.75) is 50.0 Å². The molecule has 1 unspecified atom stereocenters. The van der Waals surface area contributed by atoms with Gasteiger partial charge >= 0.3 is 11.9 Å². The lowest BCUT2D eigenvalue weighted by Gasteiger charge is -2.25. The van der Waals surface area contributed by atoms with Crippen molar-refractivity contribution in [2.24, 2.45) is 0 Å². The zero-order chi connectivity index (χ0) is 33.5. The Hall–Kier alpha value is -4.34. The average Bonchev–Trinajstić information content (AvgIpc) is 3.03. The van der Waals surface area contributed by atoms with E-state index in [9.17, 15) is 14.7 Å². The van der Waals surface area contributed by atoms with Crippen molar-refractivity contribution in [3.05, 3.63) is 112 Å². The van der Waals surface area contributed by atoms with Gasteiger partial charge in [0, 0.05) is 39.0 Å². The minimum atomic E-state index is -1.36. The van der Waals surface area contributed by atoms with E-state index >= 15 is 0 Å². The van der Waals surface area contributed by atoms with Gasteiger partial charge in [0.25, 0.3) is 0 Å². The molecule has 0 bridgehead atoms. The smallest absolute Gasteiger partial charge is 0.341 e. The van der Waals surface area contributed by atoms with Crippen LogP contribution in [0.25, 0.3) is 0 Å². The largest absolute Gasteiger partial charge is 0.482 e. The number of carbonyl (C=O) groups is 2. The highest BCUT2D eigenvalue weighted by Gasteiger charge is 2.35. The molecule has 46 heavy (non-hydrogen) atoms. The summed E-state index contributed by atoms with van der Waals surface area (Å²) in [6.45, 7) is 9.18. The average molecular weight is 655 g/mol. The molecule has 0 spiro atoms. The van der Waals surface area contributed by atoms with E-state index in [-0.39, 0.29) is 6.61 Å². The first-order valence-electron chi connectivity index (χ1n) is 14.7. The molecule has 3 rings (SSSR count). The van der Waals surface area contributed by atoms with Crippen molar-refractivity contribution in [3.8, 4) is 29.4 Å². The van der Waals surface area contributed by atoms with Crippen molar-refractivity contribution in [3.63, 3.8) is 0 Å². The fraction of sp³-hybridized carbons (Fsp3) is 0.263. The summed E-state index contributed by atoms with van der Waals surface area (Å²) in [6, 6.07) is 21.0. The van der Waals surface area contributed by atoms with Gasteiger partial charge < -0.3 is 19.7 Å². The fourth-order valence-electron chi connectivity index (χ4n) is 4.08. The number of benzene rings is 3. The molecule has 0 aliphatic rings. The Morgan fingerprint density at radius 2 is 1.41 bits per heavy atom. The normalized spacial score (nSPS) is 12.6. The predicted octanol–water partition coefficient (Wildman–Crippen LogP) is 7.97. The Labute approximate surface area is 280 Å². The van der Waals surface area contributed by atoms with Gasteiger partial charge in [0.15, 0.2) is 12.2 Å². The van der Waals surface area contributed by atoms with Crippen LogP contribution >= 0.6 is 23.5 Å². The number of carboxylic acid groups (broad SMARTS) is 2. The zero-order valence-electron chi connectivity index (χ0n) is 26.7. The van der Waals surface area contributed by atoms with Gasteiger partial charge in [-0.1, -0.05) is 54.0 Å². The van der Waals surface area contributed by atoms with Crippen molar-refractivity contribution >= 4 is 35.5 Å². The van der Waals surface area contributed by atoms with Crippen molar-refractivity contribution in [1.82, 2.24) is 0 Å². The van der Waals surface area contributed by atoms with E-state index in [0.717, 1.165) is 49.1 Å². The molecular weight excluding hydrogens is 617 g/mol. The topological polar surface area (TPSA) is 93.1 Å². The summed E-state index contributed by atoms with van der Waals surface area (Å²) in [7, 11) is 0. The molecule has 0 aromatic heterocycles. The lowest BCUT2D eigenvalue weighted by molar-refractivity contribution is -0.164. The minimum absolute atomic E-state index is 0.314. The first kappa shape index (κ1) is 36.1. The Morgan fingerprint density at radius 1 is 0.848 bits per heavy atom. The van der Waals surface area contributed by atoms with E-state index in [2.05, 4.69) is 35.8 Å². The molecule has 0 heterocycles. The van der Waals surface area contributed by atoms with Crippen LogP contribution in [0.5, 0.6) is 5.75 Å². The number of hydrogen-bond acceptors (Lipinski definition) is 6. The highest BCUT2D eigenvalue weighted by atomic mass is 32.2. The number of aryl methyl sites for hydroxylation is 1. The van der Waals surface area contributed by atoms with Crippen LogP contribution in [0.1, 0.15) is 49.9 Å². The van der Waals surface area contributed by atoms with Crippen LogP contribution in [0.4, 0.5) is 0 Å². The van der Waals surface area contributed by atoms with Crippen molar-refractivity contribution < 1.29 is 29.3 Å². The molecule has 0 aliphatic carbocycles. The molecule has 238 valence electrons. The van der Waals surface area contributed by atoms with Gasteiger partial charge in [-0.05, 0) is 105 Å². The van der Waals surface area contributed by atoms with Gasteiger partial charge in [0.2, 0.25) is 0 Å². The fourth-order valence-corrected chi connectivity index (χ4v) is 5.89. The molecule has 3 aromatic rings. The number of thioether (sulfide) groups is 2. The molecule has 0 saturated heterocycles. The number of ether oxygens (including phenoxy) is 2. The summed E-state index contributed by atoms with van der Waals surface area (Å²) in [5.41, 5.74) is 3.86. The Balaban J connectivity index is 1.52. The van der Waals surface area contributed by atoms with E-state index < -0.39 is 17.5 Å². The third-order valence-electron chi connectivity index (χ3n) is 6.69.